The standard InChI is InChI=1S/C14H19NO3/c1-10(2)8-15-14(17)11(3)18-13-7-5-4-6-12(13)9-16/h4-7,9-11H,8H2,1-3H3,(H,15,17). The molecule has 1 N–H and O–H groups in total. The van der Waals surface area contributed by atoms with E-state index in [9.17, 15) is 9.59 Å². The van der Waals surface area contributed by atoms with Crippen LogP contribution in [0.4, 0.5) is 0 Å². The highest BCUT2D eigenvalue weighted by Crippen LogP contribution is 2.17. The van der Waals surface area contributed by atoms with E-state index < -0.39 is 6.10 Å². The number of benzene rings is 1. The summed E-state index contributed by atoms with van der Waals surface area (Å²) in [6.45, 7) is 6.32. The molecule has 1 aromatic carbocycles. The van der Waals surface area contributed by atoms with Crippen LogP contribution in [0.5, 0.6) is 5.75 Å². The molecule has 0 aliphatic rings. The van der Waals surface area contributed by atoms with Crippen molar-refractivity contribution in [2.24, 2.45) is 5.92 Å². The second-order valence-electron chi connectivity index (χ2n) is 4.55. The van der Waals surface area contributed by atoms with Crippen LogP contribution in [0.1, 0.15) is 31.1 Å². The summed E-state index contributed by atoms with van der Waals surface area (Å²) in [5, 5.41) is 2.79. The average molecular weight is 249 g/mol. The fourth-order valence-electron chi connectivity index (χ4n) is 1.38. The van der Waals surface area contributed by atoms with Gasteiger partial charge in [0.2, 0.25) is 0 Å². The van der Waals surface area contributed by atoms with Crippen LogP contribution in [0.15, 0.2) is 24.3 Å². The zero-order valence-electron chi connectivity index (χ0n) is 11.0. The van der Waals surface area contributed by atoms with Crippen LogP contribution in [-0.2, 0) is 4.79 Å². The summed E-state index contributed by atoms with van der Waals surface area (Å²) in [4.78, 5) is 22.5. The van der Waals surface area contributed by atoms with Gasteiger partial charge >= 0.3 is 0 Å². The minimum atomic E-state index is -0.621. The van der Waals surface area contributed by atoms with E-state index >= 15 is 0 Å². The molecule has 0 aliphatic carbocycles. The predicted molar refractivity (Wildman–Crippen MR) is 69.8 cm³/mol. The smallest absolute Gasteiger partial charge is 0.260 e. The summed E-state index contributed by atoms with van der Waals surface area (Å²) < 4.78 is 5.49. The zero-order valence-corrected chi connectivity index (χ0v) is 11.0. The van der Waals surface area contributed by atoms with E-state index in [1.165, 1.54) is 0 Å². The van der Waals surface area contributed by atoms with Crippen molar-refractivity contribution in [2.45, 2.75) is 26.9 Å². The Morgan fingerprint density at radius 3 is 2.61 bits per heavy atom. The second-order valence-corrected chi connectivity index (χ2v) is 4.55. The third-order valence-electron chi connectivity index (χ3n) is 2.40. The molecule has 0 fully saturated rings. The molecule has 4 heteroatoms. The van der Waals surface area contributed by atoms with Crippen LogP contribution < -0.4 is 10.1 Å². The highest BCUT2D eigenvalue weighted by Gasteiger charge is 2.15. The van der Waals surface area contributed by atoms with E-state index in [1.807, 2.05) is 13.8 Å². The molecule has 98 valence electrons. The van der Waals surface area contributed by atoms with Crippen LogP contribution in [-0.4, -0.2) is 24.8 Å². The monoisotopic (exact) mass is 249 g/mol. The Balaban J connectivity index is 2.60. The first-order valence-corrected chi connectivity index (χ1v) is 6.03. The molecule has 0 spiro atoms. The van der Waals surface area contributed by atoms with Crippen molar-refractivity contribution in [1.82, 2.24) is 5.32 Å². The summed E-state index contributed by atoms with van der Waals surface area (Å²) in [6, 6.07) is 6.85. The fraction of sp³-hybridized carbons (Fsp3) is 0.429. The lowest BCUT2D eigenvalue weighted by atomic mass is 10.2. The number of carbonyl (C=O) groups excluding carboxylic acids is 2. The van der Waals surface area contributed by atoms with Crippen LogP contribution in [0.25, 0.3) is 0 Å². The van der Waals surface area contributed by atoms with Gasteiger partial charge in [-0.05, 0) is 25.0 Å². The van der Waals surface area contributed by atoms with Crippen molar-refractivity contribution in [1.29, 1.82) is 0 Å². The zero-order chi connectivity index (χ0) is 13.5. The van der Waals surface area contributed by atoms with Crippen molar-refractivity contribution in [3.63, 3.8) is 0 Å². The molecule has 1 atom stereocenters. The van der Waals surface area contributed by atoms with E-state index in [-0.39, 0.29) is 5.91 Å². The molecule has 0 heterocycles. The highest BCUT2D eigenvalue weighted by atomic mass is 16.5. The molecule has 1 rings (SSSR count). The second kappa shape index (κ2) is 6.79. The maximum atomic E-state index is 11.7. The summed E-state index contributed by atoms with van der Waals surface area (Å²) in [6.07, 6.45) is 0.0958. The number of ether oxygens (including phenoxy) is 1. The van der Waals surface area contributed by atoms with Gasteiger partial charge in [0.15, 0.2) is 12.4 Å². The number of para-hydroxylation sites is 1. The molecule has 0 saturated carbocycles. The lowest BCUT2D eigenvalue weighted by Gasteiger charge is -2.16. The predicted octanol–water partition coefficient (Wildman–Crippen LogP) is 2.04. The summed E-state index contributed by atoms with van der Waals surface area (Å²) in [5.74, 6) is 0.646. The van der Waals surface area contributed by atoms with Gasteiger partial charge in [0.05, 0.1) is 5.56 Å². The molecular weight excluding hydrogens is 230 g/mol. The van der Waals surface area contributed by atoms with E-state index in [0.29, 0.717) is 30.1 Å². The normalized spacial score (nSPS) is 12.0. The minimum absolute atomic E-state index is 0.176. The molecule has 1 unspecified atom stereocenters. The van der Waals surface area contributed by atoms with Gasteiger partial charge in [-0.15, -0.1) is 0 Å². The van der Waals surface area contributed by atoms with Crippen LogP contribution in [0.2, 0.25) is 0 Å². The molecule has 1 aromatic rings. The van der Waals surface area contributed by atoms with Gasteiger partial charge < -0.3 is 10.1 Å². The number of nitrogens with one attached hydrogen (secondary N) is 1. The Labute approximate surface area is 107 Å². The Morgan fingerprint density at radius 2 is 2.00 bits per heavy atom. The van der Waals surface area contributed by atoms with E-state index in [1.54, 1.807) is 31.2 Å². The molecule has 1 amide bonds. The quantitative estimate of drug-likeness (QED) is 0.785. The average Bonchev–Trinajstić information content (AvgIpc) is 2.36. The number of aldehydes is 1. The number of carbonyl (C=O) groups is 2. The van der Waals surface area contributed by atoms with Gasteiger partial charge in [-0.1, -0.05) is 26.0 Å². The van der Waals surface area contributed by atoms with Gasteiger partial charge in [-0.25, -0.2) is 0 Å². The highest BCUT2D eigenvalue weighted by molar-refractivity contribution is 5.82. The van der Waals surface area contributed by atoms with Gasteiger partial charge in [0.25, 0.3) is 5.91 Å². The first-order chi connectivity index (χ1) is 8.54. The lowest BCUT2D eigenvalue weighted by molar-refractivity contribution is -0.127. The molecule has 0 saturated heterocycles. The Bertz CT molecular complexity index is 415. The summed E-state index contributed by atoms with van der Waals surface area (Å²) >= 11 is 0. The molecule has 0 aliphatic heterocycles. The van der Waals surface area contributed by atoms with Crippen molar-refractivity contribution in [3.05, 3.63) is 29.8 Å². The molecule has 0 bridgehead atoms. The van der Waals surface area contributed by atoms with Gasteiger partial charge in [0, 0.05) is 6.54 Å². The van der Waals surface area contributed by atoms with Gasteiger partial charge in [-0.3, -0.25) is 9.59 Å². The lowest BCUT2D eigenvalue weighted by Crippen LogP contribution is -2.38. The summed E-state index contributed by atoms with van der Waals surface area (Å²) in [5.41, 5.74) is 0.445. The van der Waals surface area contributed by atoms with Crippen molar-refractivity contribution >= 4 is 12.2 Å². The van der Waals surface area contributed by atoms with Gasteiger partial charge in [0.1, 0.15) is 5.75 Å². The first kappa shape index (κ1) is 14.2. The maximum Gasteiger partial charge on any atom is 0.260 e. The SMILES string of the molecule is CC(C)CNC(=O)C(C)Oc1ccccc1C=O. The first-order valence-electron chi connectivity index (χ1n) is 6.03. The molecule has 18 heavy (non-hydrogen) atoms. The van der Waals surface area contributed by atoms with E-state index in [0.717, 1.165) is 0 Å². The molecule has 4 nitrogen and oxygen atoms in total. The van der Waals surface area contributed by atoms with Crippen molar-refractivity contribution in [3.8, 4) is 5.75 Å². The number of hydrogen-bond donors (Lipinski definition) is 1. The largest absolute Gasteiger partial charge is 0.480 e. The van der Waals surface area contributed by atoms with E-state index in [2.05, 4.69) is 5.32 Å². The number of rotatable bonds is 6. The Morgan fingerprint density at radius 1 is 1.33 bits per heavy atom. The number of hydrogen-bond acceptors (Lipinski definition) is 3. The molecular formula is C14H19NO3. The van der Waals surface area contributed by atoms with E-state index in [4.69, 9.17) is 4.74 Å². The van der Waals surface area contributed by atoms with Crippen LogP contribution >= 0.6 is 0 Å². The van der Waals surface area contributed by atoms with Crippen LogP contribution in [0, 0.1) is 5.92 Å². The fourth-order valence-corrected chi connectivity index (χ4v) is 1.38. The third kappa shape index (κ3) is 4.20. The van der Waals surface area contributed by atoms with Crippen LogP contribution in [0.3, 0.4) is 0 Å². The molecule has 0 aromatic heterocycles. The molecule has 0 radical (unpaired) electrons. The van der Waals surface area contributed by atoms with Crippen molar-refractivity contribution in [2.75, 3.05) is 6.54 Å². The Hall–Kier alpha value is -1.84. The number of amides is 1. The Kier molecular flexibility index (Phi) is 5.36. The third-order valence-corrected chi connectivity index (χ3v) is 2.40. The topological polar surface area (TPSA) is 55.4 Å². The minimum Gasteiger partial charge on any atom is -0.480 e. The summed E-state index contributed by atoms with van der Waals surface area (Å²) in [7, 11) is 0. The maximum absolute atomic E-state index is 11.7. The van der Waals surface area contributed by atoms with Gasteiger partial charge in [-0.2, -0.15) is 0 Å². The van der Waals surface area contributed by atoms with Crippen molar-refractivity contribution < 1.29 is 14.3 Å².